The number of hydrogen-bond donors (Lipinski definition) is 0. The quantitative estimate of drug-likeness (QED) is 0.784. The molecule has 0 saturated heterocycles. The number of rotatable bonds is 5. The predicted molar refractivity (Wildman–Crippen MR) is 80.6 cm³/mol. The maximum Gasteiger partial charge on any atom is 0.262 e. The van der Waals surface area contributed by atoms with E-state index in [2.05, 4.69) is 0 Å². The van der Waals surface area contributed by atoms with Crippen LogP contribution < -0.4 is 0 Å². The number of carbonyl (C=O) groups is 1. The summed E-state index contributed by atoms with van der Waals surface area (Å²) < 4.78 is 23.1. The van der Waals surface area contributed by atoms with Crippen LogP contribution >= 0.6 is 10.7 Å². The molecule has 1 rings (SSSR count). The van der Waals surface area contributed by atoms with E-state index in [1.807, 2.05) is 13.8 Å². The molecule has 0 radical (unpaired) electrons. The van der Waals surface area contributed by atoms with E-state index >= 15 is 0 Å². The lowest BCUT2D eigenvalue weighted by atomic mass is 10.1. The van der Waals surface area contributed by atoms with E-state index < -0.39 is 9.05 Å². The van der Waals surface area contributed by atoms with Gasteiger partial charge in [-0.1, -0.05) is 31.9 Å². The summed E-state index contributed by atoms with van der Waals surface area (Å²) in [5.74, 6) is 0.0260. The fourth-order valence-corrected chi connectivity index (χ4v) is 2.95. The monoisotopic (exact) mass is 317 g/mol. The molecule has 4 nitrogen and oxygen atoms in total. The zero-order valence-corrected chi connectivity index (χ0v) is 13.8. The Labute approximate surface area is 125 Å². The third-order valence-electron chi connectivity index (χ3n) is 3.26. The summed E-state index contributed by atoms with van der Waals surface area (Å²) in [6.07, 6.45) is 0.950. The van der Waals surface area contributed by atoms with Crippen molar-refractivity contribution in [3.05, 3.63) is 29.3 Å². The highest BCUT2D eigenvalue weighted by Gasteiger charge is 2.23. The van der Waals surface area contributed by atoms with E-state index in [-0.39, 0.29) is 16.4 Å². The number of amides is 1. The molecule has 0 spiro atoms. The molecule has 1 aromatic rings. The van der Waals surface area contributed by atoms with Gasteiger partial charge < -0.3 is 4.90 Å². The first-order chi connectivity index (χ1) is 9.16. The van der Waals surface area contributed by atoms with E-state index in [1.165, 1.54) is 11.0 Å². The van der Waals surface area contributed by atoms with Crippen LogP contribution in [0.25, 0.3) is 0 Å². The Kier molecular flexibility index (Phi) is 5.59. The highest BCUT2D eigenvalue weighted by Crippen LogP contribution is 2.23. The topological polar surface area (TPSA) is 54.5 Å². The molecule has 1 aromatic carbocycles. The van der Waals surface area contributed by atoms with E-state index in [0.717, 1.165) is 12.0 Å². The molecule has 0 bridgehead atoms. The molecule has 0 N–H and O–H groups in total. The smallest absolute Gasteiger partial charge is 0.262 e. The number of nitrogens with zero attached hydrogens (tertiary/aromatic N) is 1. The predicted octanol–water partition coefficient (Wildman–Crippen LogP) is 3.04. The first-order valence-corrected chi connectivity index (χ1v) is 8.78. The van der Waals surface area contributed by atoms with Gasteiger partial charge in [0.2, 0.25) is 0 Å². The second-order valence-electron chi connectivity index (χ2n) is 5.14. The molecule has 1 unspecified atom stereocenters. The third kappa shape index (κ3) is 4.21. The average molecular weight is 318 g/mol. The maximum absolute atomic E-state index is 12.4. The lowest BCUT2D eigenvalue weighted by Gasteiger charge is -2.21. The van der Waals surface area contributed by atoms with Crippen LogP contribution in [-0.4, -0.2) is 32.8 Å². The summed E-state index contributed by atoms with van der Waals surface area (Å²) in [4.78, 5) is 13.8. The van der Waals surface area contributed by atoms with E-state index in [4.69, 9.17) is 10.7 Å². The molecule has 1 amide bonds. The Morgan fingerprint density at radius 3 is 2.50 bits per heavy atom. The second-order valence-corrected chi connectivity index (χ2v) is 7.67. The summed E-state index contributed by atoms with van der Waals surface area (Å²) in [6.45, 7) is 6.46. The Balaban J connectivity index is 3.18. The van der Waals surface area contributed by atoms with Crippen LogP contribution in [0, 0.1) is 12.8 Å². The molecule has 112 valence electrons. The van der Waals surface area contributed by atoms with E-state index in [9.17, 15) is 13.2 Å². The summed E-state index contributed by atoms with van der Waals surface area (Å²) in [5, 5.41) is 0. The maximum atomic E-state index is 12.4. The van der Waals surface area contributed by atoms with Crippen molar-refractivity contribution in [3.8, 4) is 0 Å². The van der Waals surface area contributed by atoms with Gasteiger partial charge in [-0.25, -0.2) is 8.42 Å². The zero-order valence-electron chi connectivity index (χ0n) is 12.2. The SMILES string of the molecule is CCC(C)CN(C)C(=O)c1cc(C)ccc1S(=O)(=O)Cl. The van der Waals surface area contributed by atoms with Crippen molar-refractivity contribution in [2.75, 3.05) is 13.6 Å². The number of halogens is 1. The zero-order chi connectivity index (χ0) is 15.5. The van der Waals surface area contributed by atoms with Crippen LogP contribution in [0.2, 0.25) is 0 Å². The van der Waals surface area contributed by atoms with Gasteiger partial charge in [0.1, 0.15) is 0 Å². The van der Waals surface area contributed by atoms with Crippen LogP contribution in [0.4, 0.5) is 0 Å². The number of aryl methyl sites for hydroxylation is 1. The first-order valence-electron chi connectivity index (χ1n) is 6.47. The van der Waals surface area contributed by atoms with Crippen molar-refractivity contribution >= 4 is 25.6 Å². The van der Waals surface area contributed by atoms with Gasteiger partial charge in [-0.2, -0.15) is 0 Å². The summed E-state index contributed by atoms with van der Waals surface area (Å²) in [7, 11) is 3.13. The third-order valence-corrected chi connectivity index (χ3v) is 4.64. The highest BCUT2D eigenvalue weighted by atomic mass is 35.7. The number of hydrogen-bond acceptors (Lipinski definition) is 3. The van der Waals surface area contributed by atoms with Crippen molar-refractivity contribution in [3.63, 3.8) is 0 Å². The van der Waals surface area contributed by atoms with Crippen LogP contribution in [0.3, 0.4) is 0 Å². The van der Waals surface area contributed by atoms with Crippen LogP contribution in [0.5, 0.6) is 0 Å². The van der Waals surface area contributed by atoms with Gasteiger partial charge in [-0.3, -0.25) is 4.79 Å². The summed E-state index contributed by atoms with van der Waals surface area (Å²) >= 11 is 0. The minimum Gasteiger partial charge on any atom is -0.341 e. The van der Waals surface area contributed by atoms with Gasteiger partial charge in [-0.05, 0) is 25.0 Å². The van der Waals surface area contributed by atoms with Crippen molar-refractivity contribution in [1.29, 1.82) is 0 Å². The molecule has 1 atom stereocenters. The minimum absolute atomic E-state index is 0.130. The Morgan fingerprint density at radius 2 is 2.00 bits per heavy atom. The fraction of sp³-hybridized carbons (Fsp3) is 0.500. The Morgan fingerprint density at radius 1 is 1.40 bits per heavy atom. The average Bonchev–Trinajstić information content (AvgIpc) is 2.35. The summed E-state index contributed by atoms with van der Waals surface area (Å²) in [6, 6.07) is 4.56. The van der Waals surface area contributed by atoms with E-state index in [1.54, 1.807) is 26.1 Å². The van der Waals surface area contributed by atoms with Crippen molar-refractivity contribution in [1.82, 2.24) is 4.90 Å². The Bertz CT molecular complexity index is 598. The fourth-order valence-electron chi connectivity index (χ4n) is 1.91. The molecular weight excluding hydrogens is 298 g/mol. The molecule has 6 heteroatoms. The van der Waals surface area contributed by atoms with E-state index in [0.29, 0.717) is 12.5 Å². The van der Waals surface area contributed by atoms with Crippen LogP contribution in [-0.2, 0) is 9.05 Å². The Hall–Kier alpha value is -1.07. The van der Waals surface area contributed by atoms with Gasteiger partial charge in [0.15, 0.2) is 0 Å². The van der Waals surface area contributed by atoms with Gasteiger partial charge in [0.05, 0.1) is 10.5 Å². The van der Waals surface area contributed by atoms with Crippen LogP contribution in [0.1, 0.15) is 36.2 Å². The molecule has 0 saturated carbocycles. The lowest BCUT2D eigenvalue weighted by Crippen LogP contribution is -2.31. The largest absolute Gasteiger partial charge is 0.341 e. The minimum atomic E-state index is -3.94. The normalized spacial score (nSPS) is 13.1. The van der Waals surface area contributed by atoms with Gasteiger partial charge >= 0.3 is 0 Å². The number of carbonyl (C=O) groups excluding carboxylic acids is 1. The molecular formula is C14H20ClNO3S. The van der Waals surface area contributed by atoms with Crippen molar-refractivity contribution in [2.24, 2.45) is 5.92 Å². The molecule has 0 heterocycles. The molecule has 0 aliphatic heterocycles. The lowest BCUT2D eigenvalue weighted by molar-refractivity contribution is 0.0771. The summed E-state index contributed by atoms with van der Waals surface area (Å²) in [5.41, 5.74) is 0.945. The van der Waals surface area contributed by atoms with Gasteiger partial charge in [-0.15, -0.1) is 0 Å². The van der Waals surface area contributed by atoms with Crippen molar-refractivity contribution in [2.45, 2.75) is 32.1 Å². The number of benzene rings is 1. The highest BCUT2D eigenvalue weighted by molar-refractivity contribution is 8.13. The molecule has 0 aromatic heterocycles. The molecule has 0 aliphatic carbocycles. The molecule has 0 fully saturated rings. The second kappa shape index (κ2) is 6.59. The van der Waals surface area contributed by atoms with Crippen molar-refractivity contribution < 1.29 is 13.2 Å². The van der Waals surface area contributed by atoms with Gasteiger partial charge in [0.25, 0.3) is 15.0 Å². The molecule has 0 aliphatic rings. The first kappa shape index (κ1) is 17.0. The van der Waals surface area contributed by atoms with Crippen LogP contribution in [0.15, 0.2) is 23.1 Å². The molecule has 20 heavy (non-hydrogen) atoms. The van der Waals surface area contributed by atoms with Gasteiger partial charge in [0, 0.05) is 24.3 Å². The standard InChI is InChI=1S/C14H20ClNO3S/c1-5-10(2)9-16(4)14(17)12-8-11(3)6-7-13(12)20(15,18)19/h6-8,10H,5,9H2,1-4H3.